The Bertz CT molecular complexity index is 1710. The number of phosphoric acid groups is 2. The van der Waals surface area contributed by atoms with Gasteiger partial charge in [-0.25, -0.2) is 9.13 Å². The topological polar surface area (TPSA) is 237 Å². The first-order valence-electron chi connectivity index (χ1n) is 34.7. The lowest BCUT2D eigenvalue weighted by molar-refractivity contribution is -0.161. The molecular formula is C67H130O17P2. The second-order valence-electron chi connectivity index (χ2n) is 26.1. The van der Waals surface area contributed by atoms with Crippen LogP contribution >= 0.6 is 15.6 Å². The average Bonchev–Trinajstić information content (AvgIpc) is 3.62. The molecule has 0 aromatic carbocycles. The van der Waals surface area contributed by atoms with Crippen molar-refractivity contribution in [1.82, 2.24) is 0 Å². The molecule has 5 atom stereocenters. The molecule has 86 heavy (non-hydrogen) atoms. The maximum absolute atomic E-state index is 13.0. The van der Waals surface area contributed by atoms with Gasteiger partial charge < -0.3 is 33.8 Å². The molecule has 0 saturated carbocycles. The van der Waals surface area contributed by atoms with Crippen LogP contribution in [0.2, 0.25) is 0 Å². The van der Waals surface area contributed by atoms with E-state index in [0.29, 0.717) is 37.5 Å². The summed E-state index contributed by atoms with van der Waals surface area (Å²) in [6.07, 6.45) is 37.8. The van der Waals surface area contributed by atoms with E-state index in [0.717, 1.165) is 108 Å². The van der Waals surface area contributed by atoms with Crippen molar-refractivity contribution in [2.45, 2.75) is 343 Å². The van der Waals surface area contributed by atoms with Gasteiger partial charge in [0.25, 0.3) is 0 Å². The Morgan fingerprint density at radius 3 is 0.721 bits per heavy atom. The highest BCUT2D eigenvalue weighted by atomic mass is 31.2. The van der Waals surface area contributed by atoms with Crippen LogP contribution in [-0.2, 0) is 65.4 Å². The number of esters is 4. The van der Waals surface area contributed by atoms with Crippen LogP contribution in [0.1, 0.15) is 325 Å². The number of rotatable bonds is 64. The van der Waals surface area contributed by atoms with Gasteiger partial charge in [0.1, 0.15) is 19.3 Å². The molecule has 3 N–H and O–H groups in total. The van der Waals surface area contributed by atoms with Gasteiger partial charge in [-0.3, -0.25) is 37.3 Å². The Hall–Kier alpha value is -1.94. The molecule has 0 aromatic heterocycles. The predicted molar refractivity (Wildman–Crippen MR) is 344 cm³/mol. The van der Waals surface area contributed by atoms with Crippen molar-refractivity contribution in [2.24, 2.45) is 23.7 Å². The van der Waals surface area contributed by atoms with Gasteiger partial charge in [0.2, 0.25) is 0 Å². The quantitative estimate of drug-likeness (QED) is 0.0222. The number of aliphatic hydroxyl groups excluding tert-OH is 1. The number of aliphatic hydroxyl groups is 1. The highest BCUT2D eigenvalue weighted by molar-refractivity contribution is 7.47. The fraction of sp³-hybridized carbons (Fsp3) is 0.940. The summed E-state index contributed by atoms with van der Waals surface area (Å²) in [4.78, 5) is 72.3. The van der Waals surface area contributed by atoms with Crippen molar-refractivity contribution < 1.29 is 80.2 Å². The first-order valence-corrected chi connectivity index (χ1v) is 37.7. The van der Waals surface area contributed by atoms with E-state index in [1.807, 2.05) is 0 Å². The molecule has 3 unspecified atom stereocenters. The molecule has 17 nitrogen and oxygen atoms in total. The third-order valence-corrected chi connectivity index (χ3v) is 17.2. The van der Waals surface area contributed by atoms with E-state index in [-0.39, 0.29) is 25.7 Å². The molecule has 19 heteroatoms. The lowest BCUT2D eigenvalue weighted by atomic mass is 10.0. The van der Waals surface area contributed by atoms with E-state index in [2.05, 4.69) is 55.4 Å². The Kier molecular flexibility index (Phi) is 55.7. The number of carbonyl (C=O) groups is 4. The lowest BCUT2D eigenvalue weighted by Crippen LogP contribution is -2.30. The van der Waals surface area contributed by atoms with E-state index < -0.39 is 97.5 Å². The average molecular weight is 1270 g/mol. The summed E-state index contributed by atoms with van der Waals surface area (Å²) in [6.45, 7) is 14.0. The Morgan fingerprint density at radius 1 is 0.291 bits per heavy atom. The fourth-order valence-corrected chi connectivity index (χ4v) is 11.5. The van der Waals surface area contributed by atoms with Crippen LogP contribution in [-0.4, -0.2) is 96.7 Å². The van der Waals surface area contributed by atoms with Gasteiger partial charge in [0, 0.05) is 25.7 Å². The molecule has 0 amide bonds. The minimum absolute atomic E-state index is 0.102. The number of unbranched alkanes of at least 4 members (excludes halogenated alkanes) is 30. The second kappa shape index (κ2) is 57.0. The molecule has 0 aliphatic heterocycles. The minimum atomic E-state index is -4.95. The van der Waals surface area contributed by atoms with Gasteiger partial charge in [-0.15, -0.1) is 0 Å². The van der Waals surface area contributed by atoms with E-state index in [4.69, 9.17) is 37.0 Å². The van der Waals surface area contributed by atoms with Gasteiger partial charge in [-0.05, 0) is 49.4 Å². The van der Waals surface area contributed by atoms with Crippen molar-refractivity contribution in [3.8, 4) is 0 Å². The highest BCUT2D eigenvalue weighted by Gasteiger charge is 2.30. The molecule has 0 aliphatic rings. The van der Waals surface area contributed by atoms with Gasteiger partial charge in [0.05, 0.1) is 26.4 Å². The molecule has 0 aromatic rings. The number of hydrogen-bond acceptors (Lipinski definition) is 15. The lowest BCUT2D eigenvalue weighted by Gasteiger charge is -2.21. The van der Waals surface area contributed by atoms with Crippen LogP contribution in [0.5, 0.6) is 0 Å². The van der Waals surface area contributed by atoms with E-state index in [1.54, 1.807) is 0 Å². The van der Waals surface area contributed by atoms with E-state index >= 15 is 0 Å². The molecule has 0 saturated heterocycles. The second-order valence-corrected chi connectivity index (χ2v) is 29.0. The molecule has 0 spiro atoms. The Balaban J connectivity index is 5.23. The third-order valence-electron chi connectivity index (χ3n) is 15.3. The van der Waals surface area contributed by atoms with Crippen molar-refractivity contribution in [3.05, 3.63) is 0 Å². The van der Waals surface area contributed by atoms with Crippen LogP contribution in [0.4, 0.5) is 0 Å². The molecule has 0 radical (unpaired) electrons. The number of carbonyl (C=O) groups excluding carboxylic acids is 4. The van der Waals surface area contributed by atoms with Crippen molar-refractivity contribution in [3.63, 3.8) is 0 Å². The Labute approximate surface area is 524 Å². The summed E-state index contributed by atoms with van der Waals surface area (Å²) in [6, 6.07) is 0. The predicted octanol–water partition coefficient (Wildman–Crippen LogP) is 18.5. The largest absolute Gasteiger partial charge is 0.472 e. The summed E-state index contributed by atoms with van der Waals surface area (Å²) >= 11 is 0. The van der Waals surface area contributed by atoms with Crippen molar-refractivity contribution in [2.75, 3.05) is 39.6 Å². The van der Waals surface area contributed by atoms with Gasteiger partial charge >= 0.3 is 39.5 Å². The zero-order valence-electron chi connectivity index (χ0n) is 55.9. The minimum Gasteiger partial charge on any atom is -0.462 e. The first-order chi connectivity index (χ1) is 41.1. The van der Waals surface area contributed by atoms with Crippen LogP contribution in [0.15, 0.2) is 0 Å². The maximum atomic E-state index is 13.0. The molecule has 510 valence electrons. The number of ether oxygens (including phenoxy) is 4. The van der Waals surface area contributed by atoms with Gasteiger partial charge in [-0.1, -0.05) is 274 Å². The molecule has 0 aliphatic carbocycles. The van der Waals surface area contributed by atoms with Crippen molar-refractivity contribution >= 4 is 39.5 Å². The SMILES string of the molecule is CC(C)CCCCCCCCCCCCCCC(=O)OC[C@H](COP(=O)(O)OCC(O)COP(=O)(O)OC[C@@H](COC(=O)CCCCCCCCCC(C)C)OC(=O)CCCCCCCCCC(C)C)OC(=O)CCCCCCCCCCC(C)C. The first kappa shape index (κ1) is 84.1. The number of hydrogen-bond donors (Lipinski definition) is 3. The van der Waals surface area contributed by atoms with Crippen LogP contribution < -0.4 is 0 Å². The summed E-state index contributed by atoms with van der Waals surface area (Å²) < 4.78 is 68.1. The summed E-state index contributed by atoms with van der Waals surface area (Å²) in [5.41, 5.74) is 0. The zero-order valence-corrected chi connectivity index (χ0v) is 57.7. The van der Waals surface area contributed by atoms with Crippen LogP contribution in [0.3, 0.4) is 0 Å². The standard InChI is InChI=1S/C67H130O17P2/c1-57(2)43-35-27-19-13-11-9-10-12-14-23-31-39-47-64(69)77-53-62(83-66(71)49-41-33-24-16-15-20-28-36-44-58(3)4)55-81-85(73,74)79-51-61(68)52-80-86(75,76)82-56-63(84-67(72)50-42-34-26-18-22-30-38-46-60(7)8)54-78-65(70)48-40-32-25-17-21-29-37-45-59(5)6/h57-63,68H,9-56H2,1-8H3,(H,73,74)(H,75,76)/t61?,62-,63-/m1/s1. The molecule has 0 heterocycles. The summed E-state index contributed by atoms with van der Waals surface area (Å²) in [5.74, 6) is 0.763. The summed E-state index contributed by atoms with van der Waals surface area (Å²) in [5, 5.41) is 10.6. The Morgan fingerprint density at radius 2 is 0.488 bits per heavy atom. The normalized spacial score (nSPS) is 14.4. The van der Waals surface area contributed by atoms with Gasteiger partial charge in [-0.2, -0.15) is 0 Å². The van der Waals surface area contributed by atoms with E-state index in [9.17, 15) is 43.2 Å². The van der Waals surface area contributed by atoms with Gasteiger partial charge in [0.15, 0.2) is 12.2 Å². The maximum Gasteiger partial charge on any atom is 0.472 e. The molecular weight excluding hydrogens is 1140 g/mol. The smallest absolute Gasteiger partial charge is 0.462 e. The third kappa shape index (κ3) is 60.9. The number of phosphoric ester groups is 2. The highest BCUT2D eigenvalue weighted by Crippen LogP contribution is 2.45. The van der Waals surface area contributed by atoms with E-state index in [1.165, 1.54) is 122 Å². The molecule has 0 rings (SSSR count). The molecule has 0 fully saturated rings. The van der Waals surface area contributed by atoms with Crippen LogP contribution in [0, 0.1) is 23.7 Å². The monoisotopic (exact) mass is 1270 g/mol. The summed E-state index contributed by atoms with van der Waals surface area (Å²) in [7, 11) is -9.89. The zero-order chi connectivity index (χ0) is 63.9. The van der Waals surface area contributed by atoms with Crippen LogP contribution in [0.25, 0.3) is 0 Å². The fourth-order valence-electron chi connectivity index (χ4n) is 9.96. The van der Waals surface area contributed by atoms with Crippen molar-refractivity contribution in [1.29, 1.82) is 0 Å². The molecule has 0 bridgehead atoms.